The van der Waals surface area contributed by atoms with E-state index in [0.717, 1.165) is 53.9 Å². The van der Waals surface area contributed by atoms with Gasteiger partial charge in [-0.3, -0.25) is 14.9 Å². The lowest BCUT2D eigenvalue weighted by atomic mass is 9.89. The minimum atomic E-state index is 0.299. The standard InChI is InChI=1S/C32H32N6/c33-32(25-7-2-1-3-8-25)35-20-23-12-14-24(15-13-23)21-38(22-31-36-29-10-4-5-11-30(29)37-31)27-16-17-28-26(19-27)9-6-18-34-28/h1-15,18-19,27-28H,16-17,20-22H2,(H2,33,35)(H,36,37). The third-order valence-corrected chi connectivity index (χ3v) is 7.32. The van der Waals surface area contributed by atoms with Gasteiger partial charge >= 0.3 is 0 Å². The van der Waals surface area contributed by atoms with E-state index in [9.17, 15) is 0 Å². The van der Waals surface area contributed by atoms with Crippen molar-refractivity contribution in [3.63, 3.8) is 0 Å². The molecule has 0 radical (unpaired) electrons. The number of H-pyrrole nitrogens is 1. The average molecular weight is 501 g/mol. The minimum absolute atomic E-state index is 0.299. The molecule has 0 bridgehead atoms. The molecule has 1 aliphatic carbocycles. The molecule has 1 aliphatic heterocycles. The van der Waals surface area contributed by atoms with Crippen LogP contribution >= 0.6 is 0 Å². The number of aromatic nitrogens is 2. The summed E-state index contributed by atoms with van der Waals surface area (Å²) in [7, 11) is 0. The van der Waals surface area contributed by atoms with Crippen LogP contribution in [0, 0.1) is 0 Å². The maximum Gasteiger partial charge on any atom is 0.125 e. The highest BCUT2D eigenvalue weighted by Gasteiger charge is 2.26. The van der Waals surface area contributed by atoms with Gasteiger partial charge in [0.1, 0.15) is 11.7 Å². The molecule has 190 valence electrons. The van der Waals surface area contributed by atoms with Crippen molar-refractivity contribution in [2.24, 2.45) is 15.7 Å². The fourth-order valence-corrected chi connectivity index (χ4v) is 5.26. The zero-order valence-electron chi connectivity index (χ0n) is 21.4. The average Bonchev–Trinajstić information content (AvgIpc) is 3.39. The van der Waals surface area contributed by atoms with Crippen LogP contribution in [0.2, 0.25) is 0 Å². The second-order valence-electron chi connectivity index (χ2n) is 9.97. The number of dihydropyridines is 1. The number of para-hydroxylation sites is 2. The Balaban J connectivity index is 1.20. The van der Waals surface area contributed by atoms with E-state index < -0.39 is 0 Å². The zero-order chi connectivity index (χ0) is 25.7. The molecule has 38 heavy (non-hydrogen) atoms. The number of aromatic amines is 1. The highest BCUT2D eigenvalue weighted by Crippen LogP contribution is 2.29. The predicted octanol–water partition coefficient (Wildman–Crippen LogP) is 5.57. The number of hydrogen-bond acceptors (Lipinski definition) is 4. The molecular weight excluding hydrogens is 468 g/mol. The van der Waals surface area contributed by atoms with Gasteiger partial charge in [0.05, 0.1) is 30.2 Å². The van der Waals surface area contributed by atoms with Gasteiger partial charge in [0.15, 0.2) is 0 Å². The van der Waals surface area contributed by atoms with Gasteiger partial charge in [-0.2, -0.15) is 0 Å². The number of nitrogens with one attached hydrogen (secondary N) is 1. The highest BCUT2D eigenvalue weighted by molar-refractivity contribution is 5.97. The van der Waals surface area contributed by atoms with E-state index in [1.54, 1.807) is 0 Å². The summed E-state index contributed by atoms with van der Waals surface area (Å²) in [6, 6.07) is 27.5. The number of aliphatic imine (C=N–C) groups is 2. The fraction of sp³-hybridized carbons (Fsp3) is 0.219. The first-order valence-corrected chi connectivity index (χ1v) is 13.2. The number of imidazole rings is 1. The number of rotatable bonds is 8. The number of hydrogen-bond donors (Lipinski definition) is 2. The van der Waals surface area contributed by atoms with Crippen molar-refractivity contribution in [3.05, 3.63) is 125 Å². The van der Waals surface area contributed by atoms with Crippen LogP contribution in [-0.2, 0) is 19.6 Å². The first kappa shape index (κ1) is 24.1. The molecule has 6 nitrogen and oxygen atoms in total. The molecule has 1 aromatic heterocycles. The summed E-state index contributed by atoms with van der Waals surface area (Å²) in [6.45, 7) is 2.14. The highest BCUT2D eigenvalue weighted by atomic mass is 15.2. The van der Waals surface area contributed by atoms with Crippen LogP contribution < -0.4 is 5.73 Å². The summed E-state index contributed by atoms with van der Waals surface area (Å²) in [4.78, 5) is 20.2. The van der Waals surface area contributed by atoms with Gasteiger partial charge in [0.25, 0.3) is 0 Å². The Bertz CT molecular complexity index is 1480. The first-order chi connectivity index (χ1) is 18.7. The predicted molar refractivity (Wildman–Crippen MR) is 155 cm³/mol. The van der Waals surface area contributed by atoms with Gasteiger partial charge in [0.2, 0.25) is 0 Å². The maximum absolute atomic E-state index is 6.18. The Morgan fingerprint density at radius 3 is 2.55 bits per heavy atom. The molecule has 0 saturated carbocycles. The first-order valence-electron chi connectivity index (χ1n) is 13.2. The van der Waals surface area contributed by atoms with Crippen LogP contribution in [0.4, 0.5) is 0 Å². The molecule has 6 heteroatoms. The lowest BCUT2D eigenvalue weighted by molar-refractivity contribution is 0.188. The van der Waals surface area contributed by atoms with Gasteiger partial charge in [-0.25, -0.2) is 4.98 Å². The van der Waals surface area contributed by atoms with E-state index in [0.29, 0.717) is 24.5 Å². The van der Waals surface area contributed by atoms with Crippen molar-refractivity contribution < 1.29 is 0 Å². The minimum Gasteiger partial charge on any atom is -0.383 e. The van der Waals surface area contributed by atoms with Crippen LogP contribution in [0.15, 0.2) is 113 Å². The maximum atomic E-state index is 6.18. The largest absolute Gasteiger partial charge is 0.383 e. The summed E-state index contributed by atoms with van der Waals surface area (Å²) >= 11 is 0. The lowest BCUT2D eigenvalue weighted by Gasteiger charge is -2.34. The van der Waals surface area contributed by atoms with Crippen molar-refractivity contribution >= 4 is 23.1 Å². The number of benzene rings is 3. The second kappa shape index (κ2) is 11.0. The Morgan fingerprint density at radius 2 is 1.71 bits per heavy atom. The summed E-state index contributed by atoms with van der Waals surface area (Å²) in [6.07, 6.45) is 10.7. The van der Waals surface area contributed by atoms with Crippen LogP contribution in [0.3, 0.4) is 0 Å². The van der Waals surface area contributed by atoms with Crippen molar-refractivity contribution in [3.8, 4) is 0 Å². The number of allylic oxidation sites excluding steroid dienone is 1. The topological polar surface area (TPSA) is 82.7 Å². The summed E-state index contributed by atoms with van der Waals surface area (Å²) < 4.78 is 0. The molecule has 6 rings (SSSR count). The van der Waals surface area contributed by atoms with Crippen LogP contribution in [0.5, 0.6) is 0 Å². The van der Waals surface area contributed by atoms with E-state index in [-0.39, 0.29) is 0 Å². The third kappa shape index (κ3) is 5.50. The van der Waals surface area contributed by atoms with Crippen LogP contribution in [0.25, 0.3) is 11.0 Å². The number of amidine groups is 1. The quantitative estimate of drug-likeness (QED) is 0.245. The Hall–Kier alpha value is -4.29. The normalized spacial score (nSPS) is 19.1. The molecular formula is C32H32N6. The smallest absolute Gasteiger partial charge is 0.125 e. The molecule has 4 aromatic rings. The van der Waals surface area contributed by atoms with E-state index in [1.165, 1.54) is 11.1 Å². The molecule has 0 amide bonds. The summed E-state index contributed by atoms with van der Waals surface area (Å²) in [5.41, 5.74) is 13.0. The molecule has 0 fully saturated rings. The molecule has 2 unspecified atom stereocenters. The number of nitrogens with zero attached hydrogens (tertiary/aromatic N) is 4. The fourth-order valence-electron chi connectivity index (χ4n) is 5.26. The van der Waals surface area contributed by atoms with E-state index in [4.69, 9.17) is 10.7 Å². The molecule has 2 atom stereocenters. The molecule has 2 heterocycles. The number of fused-ring (bicyclic) bond motifs is 2. The summed E-state index contributed by atoms with van der Waals surface area (Å²) in [5.74, 6) is 1.56. The Labute approximate surface area is 223 Å². The van der Waals surface area contributed by atoms with Crippen molar-refractivity contribution in [2.45, 2.75) is 44.6 Å². The van der Waals surface area contributed by atoms with Crippen molar-refractivity contribution in [2.75, 3.05) is 0 Å². The van der Waals surface area contributed by atoms with Crippen LogP contribution in [0.1, 0.15) is 35.4 Å². The van der Waals surface area contributed by atoms with Crippen molar-refractivity contribution in [1.82, 2.24) is 14.9 Å². The summed E-state index contributed by atoms with van der Waals surface area (Å²) in [5, 5.41) is 0. The van der Waals surface area contributed by atoms with Gasteiger partial charge in [-0.1, -0.05) is 78.9 Å². The lowest BCUT2D eigenvalue weighted by Crippen LogP contribution is -2.37. The van der Waals surface area contributed by atoms with E-state index in [2.05, 4.69) is 68.4 Å². The molecule has 2 aliphatic rings. The SMILES string of the molecule is NC(=NCc1ccc(CN(Cc2nc3ccccc3[nH]2)C2C=C3C=CC=NC3CC2)cc1)c1ccccc1. The van der Waals surface area contributed by atoms with E-state index in [1.807, 2.05) is 54.8 Å². The molecule has 3 aromatic carbocycles. The van der Waals surface area contributed by atoms with Crippen molar-refractivity contribution in [1.29, 1.82) is 0 Å². The van der Waals surface area contributed by atoms with Crippen LogP contribution in [-0.4, -0.2) is 39.0 Å². The van der Waals surface area contributed by atoms with Gasteiger partial charge in [0, 0.05) is 24.4 Å². The molecule has 0 spiro atoms. The van der Waals surface area contributed by atoms with Gasteiger partial charge < -0.3 is 10.7 Å². The molecule has 3 N–H and O–H groups in total. The number of nitrogens with two attached hydrogens (primary N) is 1. The zero-order valence-corrected chi connectivity index (χ0v) is 21.4. The third-order valence-electron chi connectivity index (χ3n) is 7.32. The van der Waals surface area contributed by atoms with Gasteiger partial charge in [-0.15, -0.1) is 0 Å². The Morgan fingerprint density at radius 1 is 0.921 bits per heavy atom. The van der Waals surface area contributed by atoms with E-state index >= 15 is 0 Å². The monoisotopic (exact) mass is 500 g/mol. The molecule has 0 saturated heterocycles. The van der Waals surface area contributed by atoms with Gasteiger partial charge in [-0.05, 0) is 47.8 Å². The second-order valence-corrected chi connectivity index (χ2v) is 9.97. The Kier molecular flexibility index (Phi) is 6.96.